The van der Waals surface area contributed by atoms with E-state index >= 15 is 0 Å². The number of hydrogen-bond donors (Lipinski definition) is 2. The number of carbonyl (C=O) groups is 1. The zero-order valence-electron chi connectivity index (χ0n) is 9.96. The van der Waals surface area contributed by atoms with Crippen molar-refractivity contribution in [2.75, 3.05) is 5.75 Å². The van der Waals surface area contributed by atoms with E-state index in [0.717, 1.165) is 0 Å². The molecule has 0 atom stereocenters. The Balaban J connectivity index is 2.27. The van der Waals surface area contributed by atoms with Crippen LogP contribution in [-0.4, -0.2) is 25.8 Å². The van der Waals surface area contributed by atoms with Gasteiger partial charge in [0.25, 0.3) is 5.56 Å². The second-order valence-corrected chi connectivity index (χ2v) is 4.37. The van der Waals surface area contributed by atoms with Gasteiger partial charge < -0.3 is 9.88 Å². The summed E-state index contributed by atoms with van der Waals surface area (Å²) in [4.78, 5) is 23.3. The van der Waals surface area contributed by atoms with E-state index in [1.54, 1.807) is 25.6 Å². The molecule has 7 heteroatoms. The third-order valence-electron chi connectivity index (χ3n) is 2.64. The first kappa shape index (κ1) is 12.7. The van der Waals surface area contributed by atoms with Gasteiger partial charge in [0.2, 0.25) is 5.91 Å². The van der Waals surface area contributed by atoms with Crippen LogP contribution >= 0.6 is 12.6 Å². The Hall–Kier alpha value is -1.76. The summed E-state index contributed by atoms with van der Waals surface area (Å²) in [6.45, 7) is 0.301. The van der Waals surface area contributed by atoms with Gasteiger partial charge in [-0.3, -0.25) is 9.59 Å². The smallest absolute Gasteiger partial charge is 0.276 e. The van der Waals surface area contributed by atoms with Crippen LogP contribution in [0.25, 0.3) is 5.52 Å². The molecule has 2 rings (SSSR count). The van der Waals surface area contributed by atoms with Crippen LogP contribution in [-0.2, 0) is 18.4 Å². The minimum atomic E-state index is -0.131. The summed E-state index contributed by atoms with van der Waals surface area (Å²) < 4.78 is 3.00. The SMILES string of the molecule is Cn1ccn2ncc(CNC(=O)CCS)c2c1=O. The molecule has 0 radical (unpaired) electrons. The minimum absolute atomic E-state index is 0.0860. The first-order valence-electron chi connectivity index (χ1n) is 5.53. The number of thiol groups is 1. The summed E-state index contributed by atoms with van der Waals surface area (Å²) in [5.74, 6) is 0.416. The highest BCUT2D eigenvalue weighted by molar-refractivity contribution is 7.80. The summed E-state index contributed by atoms with van der Waals surface area (Å²) in [5, 5.41) is 6.82. The summed E-state index contributed by atoms with van der Waals surface area (Å²) in [6, 6.07) is 0. The van der Waals surface area contributed by atoms with Crippen molar-refractivity contribution in [1.29, 1.82) is 0 Å². The number of hydrogen-bond acceptors (Lipinski definition) is 4. The molecule has 0 aliphatic rings. The van der Waals surface area contributed by atoms with Crippen LogP contribution in [0.15, 0.2) is 23.4 Å². The number of carbonyl (C=O) groups excluding carboxylic acids is 1. The van der Waals surface area contributed by atoms with Gasteiger partial charge in [-0.2, -0.15) is 17.7 Å². The number of fused-ring (bicyclic) bond motifs is 1. The van der Waals surface area contributed by atoms with Crippen molar-refractivity contribution >= 4 is 24.1 Å². The lowest BCUT2D eigenvalue weighted by atomic mass is 10.3. The van der Waals surface area contributed by atoms with E-state index in [2.05, 4.69) is 23.0 Å². The lowest BCUT2D eigenvalue weighted by molar-refractivity contribution is -0.120. The summed E-state index contributed by atoms with van der Waals surface area (Å²) >= 11 is 3.99. The van der Waals surface area contributed by atoms with Crippen molar-refractivity contribution in [3.8, 4) is 0 Å². The van der Waals surface area contributed by atoms with Gasteiger partial charge >= 0.3 is 0 Å². The monoisotopic (exact) mass is 266 g/mol. The Labute approximate surface area is 109 Å². The van der Waals surface area contributed by atoms with Crippen LogP contribution in [0.2, 0.25) is 0 Å². The molecule has 2 aromatic heterocycles. The maximum atomic E-state index is 12.0. The molecule has 0 fully saturated rings. The summed E-state index contributed by atoms with van der Waals surface area (Å²) in [7, 11) is 1.68. The van der Waals surface area contributed by atoms with Crippen molar-refractivity contribution in [3.05, 3.63) is 34.5 Å². The molecular weight excluding hydrogens is 252 g/mol. The van der Waals surface area contributed by atoms with Crippen molar-refractivity contribution in [2.24, 2.45) is 7.05 Å². The summed E-state index contributed by atoms with van der Waals surface area (Å²) in [5.41, 5.74) is 1.07. The molecule has 0 aromatic carbocycles. The number of rotatable bonds is 4. The zero-order valence-corrected chi connectivity index (χ0v) is 10.9. The molecule has 1 N–H and O–H groups in total. The van der Waals surface area contributed by atoms with Crippen LogP contribution in [0.3, 0.4) is 0 Å². The standard InChI is InChI=1S/C11H14N4O2S/c1-14-3-4-15-10(11(14)17)8(7-13-15)6-12-9(16)2-5-18/h3-4,7,18H,2,5-6H2,1H3,(H,12,16). The Kier molecular flexibility index (Phi) is 3.71. The number of nitrogens with zero attached hydrogens (tertiary/aromatic N) is 3. The zero-order chi connectivity index (χ0) is 13.1. The normalized spacial score (nSPS) is 10.8. The van der Waals surface area contributed by atoms with E-state index < -0.39 is 0 Å². The van der Waals surface area contributed by atoms with E-state index in [9.17, 15) is 9.59 Å². The molecular formula is C11H14N4O2S. The van der Waals surface area contributed by atoms with Gasteiger partial charge in [-0.25, -0.2) is 4.52 Å². The Morgan fingerprint density at radius 3 is 3.00 bits per heavy atom. The Morgan fingerprint density at radius 2 is 2.28 bits per heavy atom. The predicted molar refractivity (Wildman–Crippen MR) is 70.7 cm³/mol. The highest BCUT2D eigenvalue weighted by atomic mass is 32.1. The molecule has 0 saturated heterocycles. The molecule has 1 amide bonds. The van der Waals surface area contributed by atoms with Gasteiger partial charge in [0, 0.05) is 38.0 Å². The molecule has 18 heavy (non-hydrogen) atoms. The van der Waals surface area contributed by atoms with E-state index in [-0.39, 0.29) is 11.5 Å². The van der Waals surface area contributed by atoms with Crippen LogP contribution < -0.4 is 10.9 Å². The van der Waals surface area contributed by atoms with Crippen molar-refractivity contribution < 1.29 is 4.79 Å². The van der Waals surface area contributed by atoms with Gasteiger partial charge in [-0.15, -0.1) is 0 Å². The van der Waals surface area contributed by atoms with Crippen molar-refractivity contribution in [3.63, 3.8) is 0 Å². The van der Waals surface area contributed by atoms with Gasteiger partial charge in [0.15, 0.2) is 0 Å². The Bertz CT molecular complexity index is 631. The molecule has 2 aromatic rings. The average Bonchev–Trinajstić information content (AvgIpc) is 2.75. The first-order valence-corrected chi connectivity index (χ1v) is 6.16. The van der Waals surface area contributed by atoms with Gasteiger partial charge in [-0.1, -0.05) is 0 Å². The van der Waals surface area contributed by atoms with E-state index in [1.807, 2.05) is 0 Å². The van der Waals surface area contributed by atoms with Crippen LogP contribution in [0.1, 0.15) is 12.0 Å². The van der Waals surface area contributed by atoms with Crippen LogP contribution in [0.5, 0.6) is 0 Å². The van der Waals surface area contributed by atoms with Crippen LogP contribution in [0, 0.1) is 0 Å². The second kappa shape index (κ2) is 5.26. The number of amides is 1. The largest absolute Gasteiger partial charge is 0.352 e. The molecule has 96 valence electrons. The highest BCUT2D eigenvalue weighted by Gasteiger charge is 2.09. The number of nitrogens with one attached hydrogen (secondary N) is 1. The fourth-order valence-corrected chi connectivity index (χ4v) is 1.86. The lowest BCUT2D eigenvalue weighted by Gasteiger charge is -2.03. The van der Waals surface area contributed by atoms with E-state index in [1.165, 1.54) is 9.08 Å². The third kappa shape index (κ3) is 2.40. The average molecular weight is 266 g/mol. The molecule has 0 spiro atoms. The molecule has 0 unspecified atom stereocenters. The van der Waals surface area contributed by atoms with Crippen molar-refractivity contribution in [1.82, 2.24) is 19.5 Å². The Morgan fingerprint density at radius 1 is 1.50 bits per heavy atom. The molecule has 0 saturated carbocycles. The van der Waals surface area contributed by atoms with Gasteiger partial charge in [0.1, 0.15) is 5.52 Å². The molecule has 0 aliphatic carbocycles. The van der Waals surface area contributed by atoms with Gasteiger partial charge in [-0.05, 0) is 5.75 Å². The maximum Gasteiger partial charge on any atom is 0.276 e. The quantitative estimate of drug-likeness (QED) is 0.764. The molecule has 6 nitrogen and oxygen atoms in total. The maximum absolute atomic E-state index is 12.0. The highest BCUT2D eigenvalue weighted by Crippen LogP contribution is 2.05. The van der Waals surface area contributed by atoms with Gasteiger partial charge in [0.05, 0.1) is 6.20 Å². The van der Waals surface area contributed by atoms with Crippen LogP contribution in [0.4, 0.5) is 0 Å². The number of aryl methyl sites for hydroxylation is 1. The topological polar surface area (TPSA) is 68.4 Å². The fourth-order valence-electron chi connectivity index (χ4n) is 1.66. The van der Waals surface area contributed by atoms with E-state index in [0.29, 0.717) is 29.8 Å². The fraction of sp³-hybridized carbons (Fsp3) is 0.364. The first-order chi connectivity index (χ1) is 8.63. The second-order valence-electron chi connectivity index (χ2n) is 3.93. The molecule has 0 bridgehead atoms. The van der Waals surface area contributed by atoms with Crippen molar-refractivity contribution in [2.45, 2.75) is 13.0 Å². The lowest BCUT2D eigenvalue weighted by Crippen LogP contribution is -2.24. The predicted octanol–water partition coefficient (Wildman–Crippen LogP) is -0.0309. The molecule has 2 heterocycles. The third-order valence-corrected chi connectivity index (χ3v) is 2.86. The molecule has 0 aliphatic heterocycles. The summed E-state index contributed by atoms with van der Waals surface area (Å²) in [6.07, 6.45) is 5.30. The number of aromatic nitrogens is 3. The minimum Gasteiger partial charge on any atom is -0.352 e. The van der Waals surface area contributed by atoms with E-state index in [4.69, 9.17) is 0 Å².